The van der Waals surface area contributed by atoms with Crippen LogP contribution in [0.2, 0.25) is 0 Å². The van der Waals surface area contributed by atoms with Crippen LogP contribution < -0.4 is 10.5 Å². The monoisotopic (exact) mass is 224 g/mol. The number of hydrogen-bond donors (Lipinski definition) is 1. The summed E-state index contributed by atoms with van der Waals surface area (Å²) in [6.45, 7) is 1.99. The minimum atomic E-state index is 0.437. The highest BCUT2D eigenvalue weighted by atomic mass is 16.5. The Bertz CT molecular complexity index is 585. The first-order chi connectivity index (χ1) is 8.19. The van der Waals surface area contributed by atoms with Crippen LogP contribution in [0.25, 0.3) is 0 Å². The summed E-state index contributed by atoms with van der Waals surface area (Å²) >= 11 is 0. The molecule has 0 heterocycles. The van der Waals surface area contributed by atoms with Crippen molar-refractivity contribution >= 4 is 5.69 Å². The molecule has 0 amide bonds. The predicted molar refractivity (Wildman–Crippen MR) is 66.8 cm³/mol. The molecule has 3 heteroatoms. The van der Waals surface area contributed by atoms with Crippen LogP contribution in [0, 0.1) is 18.3 Å². The van der Waals surface area contributed by atoms with E-state index in [0.29, 0.717) is 22.7 Å². The molecule has 0 fully saturated rings. The first-order valence-electron chi connectivity index (χ1n) is 5.23. The summed E-state index contributed by atoms with van der Waals surface area (Å²) in [6, 6.07) is 14.8. The Kier molecular flexibility index (Phi) is 2.97. The van der Waals surface area contributed by atoms with Crippen LogP contribution in [0.5, 0.6) is 11.5 Å². The minimum Gasteiger partial charge on any atom is -0.456 e. The third kappa shape index (κ3) is 2.56. The molecule has 0 aliphatic carbocycles. The summed E-state index contributed by atoms with van der Waals surface area (Å²) < 4.78 is 5.66. The lowest BCUT2D eigenvalue weighted by molar-refractivity contribution is 0.481. The molecule has 0 saturated carbocycles. The van der Waals surface area contributed by atoms with Crippen molar-refractivity contribution in [2.45, 2.75) is 6.92 Å². The maximum Gasteiger partial charge on any atom is 0.145 e. The molecule has 0 aromatic heterocycles. The Morgan fingerprint density at radius 1 is 1.18 bits per heavy atom. The second kappa shape index (κ2) is 4.58. The average molecular weight is 224 g/mol. The Morgan fingerprint density at radius 3 is 2.71 bits per heavy atom. The topological polar surface area (TPSA) is 59.0 Å². The second-order valence-corrected chi connectivity index (χ2v) is 3.79. The Morgan fingerprint density at radius 2 is 2.00 bits per heavy atom. The molecular formula is C14H12N2O. The van der Waals surface area contributed by atoms with Crippen LogP contribution in [0.15, 0.2) is 42.5 Å². The second-order valence-electron chi connectivity index (χ2n) is 3.79. The van der Waals surface area contributed by atoms with Crippen LogP contribution in [-0.2, 0) is 0 Å². The lowest BCUT2D eigenvalue weighted by Gasteiger charge is -2.08. The lowest BCUT2D eigenvalue weighted by atomic mass is 10.2. The third-order valence-corrected chi connectivity index (χ3v) is 2.34. The van der Waals surface area contributed by atoms with E-state index in [2.05, 4.69) is 6.07 Å². The minimum absolute atomic E-state index is 0.437. The number of ether oxygens (including phenoxy) is 1. The van der Waals surface area contributed by atoms with E-state index in [-0.39, 0.29) is 0 Å². The summed E-state index contributed by atoms with van der Waals surface area (Å²) in [5.74, 6) is 1.23. The van der Waals surface area contributed by atoms with Gasteiger partial charge in [-0.2, -0.15) is 5.26 Å². The van der Waals surface area contributed by atoms with E-state index in [1.54, 1.807) is 18.2 Å². The van der Waals surface area contributed by atoms with E-state index in [1.807, 2.05) is 31.2 Å². The normalized spacial score (nSPS) is 9.65. The van der Waals surface area contributed by atoms with Crippen LogP contribution in [0.4, 0.5) is 5.69 Å². The molecule has 2 aromatic rings. The van der Waals surface area contributed by atoms with Gasteiger partial charge in [0.2, 0.25) is 0 Å². The molecule has 0 atom stereocenters. The quantitative estimate of drug-likeness (QED) is 0.796. The van der Waals surface area contributed by atoms with Crippen LogP contribution in [-0.4, -0.2) is 0 Å². The first kappa shape index (κ1) is 11.0. The van der Waals surface area contributed by atoms with Crippen molar-refractivity contribution < 1.29 is 4.74 Å². The maximum absolute atomic E-state index is 8.99. The van der Waals surface area contributed by atoms with E-state index in [4.69, 9.17) is 15.7 Å². The number of nitriles is 1. The molecule has 2 aromatic carbocycles. The zero-order chi connectivity index (χ0) is 12.3. The average Bonchev–Trinajstić information content (AvgIpc) is 2.31. The van der Waals surface area contributed by atoms with Crippen LogP contribution in [0.3, 0.4) is 0 Å². The van der Waals surface area contributed by atoms with E-state index in [9.17, 15) is 0 Å². The van der Waals surface area contributed by atoms with Crippen molar-refractivity contribution in [2.75, 3.05) is 5.73 Å². The van der Waals surface area contributed by atoms with E-state index in [0.717, 1.165) is 5.56 Å². The molecule has 0 bridgehead atoms. The maximum atomic E-state index is 8.99. The molecule has 0 saturated heterocycles. The number of nitrogens with two attached hydrogens (primary N) is 1. The van der Waals surface area contributed by atoms with Gasteiger partial charge < -0.3 is 10.5 Å². The van der Waals surface area contributed by atoms with Gasteiger partial charge in [0.1, 0.15) is 17.6 Å². The SMILES string of the molecule is Cc1cccc(Oc2ccc(N)cc2C#N)c1. The Balaban J connectivity index is 2.34. The molecular weight excluding hydrogens is 212 g/mol. The Hall–Kier alpha value is -2.47. The summed E-state index contributed by atoms with van der Waals surface area (Å²) in [6.07, 6.45) is 0. The zero-order valence-electron chi connectivity index (χ0n) is 9.47. The fraction of sp³-hybridized carbons (Fsp3) is 0.0714. The fourth-order valence-electron chi connectivity index (χ4n) is 1.53. The summed E-state index contributed by atoms with van der Waals surface area (Å²) in [7, 11) is 0. The van der Waals surface area contributed by atoms with Crippen molar-refractivity contribution in [3.63, 3.8) is 0 Å². The number of nitrogen functional groups attached to an aromatic ring is 1. The molecule has 0 spiro atoms. The Labute approximate surface area is 100 Å². The van der Waals surface area contributed by atoms with Gasteiger partial charge in [-0.25, -0.2) is 0 Å². The van der Waals surface area contributed by atoms with Gasteiger partial charge in [-0.1, -0.05) is 12.1 Å². The molecule has 0 unspecified atom stereocenters. The number of hydrogen-bond acceptors (Lipinski definition) is 3. The summed E-state index contributed by atoms with van der Waals surface area (Å²) in [5, 5.41) is 8.99. The number of anilines is 1. The van der Waals surface area contributed by atoms with Crippen molar-refractivity contribution in [1.82, 2.24) is 0 Å². The van der Waals surface area contributed by atoms with E-state index >= 15 is 0 Å². The van der Waals surface area contributed by atoms with Gasteiger partial charge in [0.15, 0.2) is 0 Å². The van der Waals surface area contributed by atoms with Crippen molar-refractivity contribution in [3.05, 3.63) is 53.6 Å². The van der Waals surface area contributed by atoms with Gasteiger partial charge in [-0.3, -0.25) is 0 Å². The van der Waals surface area contributed by atoms with Gasteiger partial charge in [-0.15, -0.1) is 0 Å². The number of nitrogens with zero attached hydrogens (tertiary/aromatic N) is 1. The molecule has 0 radical (unpaired) electrons. The van der Waals surface area contributed by atoms with Gasteiger partial charge in [0, 0.05) is 5.69 Å². The molecule has 0 aliphatic rings. The number of rotatable bonds is 2. The van der Waals surface area contributed by atoms with Crippen molar-refractivity contribution in [1.29, 1.82) is 5.26 Å². The van der Waals surface area contributed by atoms with Crippen LogP contribution in [0.1, 0.15) is 11.1 Å². The highest BCUT2D eigenvalue weighted by Gasteiger charge is 2.05. The highest BCUT2D eigenvalue weighted by molar-refractivity contribution is 5.54. The zero-order valence-corrected chi connectivity index (χ0v) is 9.47. The smallest absolute Gasteiger partial charge is 0.145 e. The van der Waals surface area contributed by atoms with Gasteiger partial charge in [-0.05, 0) is 42.8 Å². The molecule has 3 nitrogen and oxygen atoms in total. The van der Waals surface area contributed by atoms with Crippen molar-refractivity contribution in [3.8, 4) is 17.6 Å². The molecule has 2 rings (SSSR count). The van der Waals surface area contributed by atoms with E-state index < -0.39 is 0 Å². The van der Waals surface area contributed by atoms with E-state index in [1.165, 1.54) is 0 Å². The highest BCUT2D eigenvalue weighted by Crippen LogP contribution is 2.26. The standard InChI is InChI=1S/C14H12N2O/c1-10-3-2-4-13(7-10)17-14-6-5-12(16)8-11(14)9-15/h2-8H,16H2,1H3. The van der Waals surface area contributed by atoms with Crippen LogP contribution >= 0.6 is 0 Å². The largest absolute Gasteiger partial charge is 0.456 e. The molecule has 2 N–H and O–H groups in total. The number of aryl methyl sites for hydroxylation is 1. The third-order valence-electron chi connectivity index (χ3n) is 2.34. The molecule has 17 heavy (non-hydrogen) atoms. The summed E-state index contributed by atoms with van der Waals surface area (Å²) in [4.78, 5) is 0. The molecule has 84 valence electrons. The summed E-state index contributed by atoms with van der Waals surface area (Å²) in [5.41, 5.74) is 7.71. The molecule has 0 aliphatic heterocycles. The van der Waals surface area contributed by atoms with Gasteiger partial charge in [0.05, 0.1) is 5.56 Å². The lowest BCUT2D eigenvalue weighted by Crippen LogP contribution is -1.91. The van der Waals surface area contributed by atoms with Gasteiger partial charge >= 0.3 is 0 Å². The number of benzene rings is 2. The fourth-order valence-corrected chi connectivity index (χ4v) is 1.53. The first-order valence-corrected chi connectivity index (χ1v) is 5.23. The predicted octanol–water partition coefficient (Wildman–Crippen LogP) is 3.24. The van der Waals surface area contributed by atoms with Crippen molar-refractivity contribution in [2.24, 2.45) is 0 Å². The van der Waals surface area contributed by atoms with Gasteiger partial charge in [0.25, 0.3) is 0 Å².